The number of rotatable bonds is 6. The van der Waals surface area contributed by atoms with Crippen molar-refractivity contribution < 1.29 is 18.7 Å². The molecule has 5 rings (SSSR count). The summed E-state index contributed by atoms with van der Waals surface area (Å²) in [6, 6.07) is 10.8. The first-order chi connectivity index (χ1) is 17.9. The Labute approximate surface area is 217 Å². The third-order valence-corrected chi connectivity index (χ3v) is 7.19. The number of morpholine rings is 1. The van der Waals surface area contributed by atoms with Crippen molar-refractivity contribution >= 4 is 17.7 Å². The molecule has 2 aliphatic heterocycles. The zero-order chi connectivity index (χ0) is 25.9. The minimum Gasteiger partial charge on any atom is -0.495 e. The molecule has 2 aliphatic rings. The Balaban J connectivity index is 1.35. The van der Waals surface area contributed by atoms with Gasteiger partial charge in [-0.15, -0.1) is 0 Å². The van der Waals surface area contributed by atoms with E-state index in [0.29, 0.717) is 37.5 Å². The number of hydrogen-bond donors (Lipinski definition) is 0. The van der Waals surface area contributed by atoms with Gasteiger partial charge in [-0.1, -0.05) is 12.1 Å². The summed E-state index contributed by atoms with van der Waals surface area (Å²) in [6.07, 6.45) is 7.13. The number of hydrogen-bond acceptors (Lipinski definition) is 5. The van der Waals surface area contributed by atoms with Crippen LogP contribution in [0.25, 0.3) is 11.8 Å². The minimum atomic E-state index is -0.365. The summed E-state index contributed by atoms with van der Waals surface area (Å²) in [7, 11) is 1.63. The normalized spacial score (nSPS) is 18.4. The molecular weight excluding hydrogens is 471 g/mol. The van der Waals surface area contributed by atoms with E-state index in [9.17, 15) is 4.79 Å². The monoisotopic (exact) mass is 504 g/mol. The predicted octanol–water partition coefficient (Wildman–Crippen LogP) is 4.93. The van der Waals surface area contributed by atoms with Crippen LogP contribution in [0.2, 0.25) is 0 Å². The van der Waals surface area contributed by atoms with Crippen molar-refractivity contribution in [1.82, 2.24) is 14.5 Å². The minimum absolute atomic E-state index is 0.0521. The van der Waals surface area contributed by atoms with E-state index in [1.807, 2.05) is 61.0 Å². The van der Waals surface area contributed by atoms with E-state index < -0.39 is 0 Å². The molecule has 3 aromatic rings. The fraction of sp³-hybridized carbons (Fsp3) is 0.379. The summed E-state index contributed by atoms with van der Waals surface area (Å²) in [4.78, 5) is 21.7. The number of amides is 1. The molecule has 0 bridgehead atoms. The summed E-state index contributed by atoms with van der Waals surface area (Å²) in [5.41, 5.74) is 4.79. The smallest absolute Gasteiger partial charge is 0.250 e. The van der Waals surface area contributed by atoms with E-state index in [2.05, 4.69) is 9.88 Å². The van der Waals surface area contributed by atoms with E-state index in [-0.39, 0.29) is 17.8 Å². The molecule has 1 atom stereocenters. The number of methoxy groups -OCH3 is 1. The van der Waals surface area contributed by atoms with Gasteiger partial charge in [-0.2, -0.15) is 0 Å². The van der Waals surface area contributed by atoms with Gasteiger partial charge in [-0.05, 0) is 62.6 Å². The van der Waals surface area contributed by atoms with Gasteiger partial charge in [-0.25, -0.2) is 9.37 Å². The molecule has 2 aromatic carbocycles. The third-order valence-electron chi connectivity index (χ3n) is 7.19. The van der Waals surface area contributed by atoms with Gasteiger partial charge in [0.1, 0.15) is 11.6 Å². The molecule has 0 N–H and O–H groups in total. The maximum Gasteiger partial charge on any atom is 0.250 e. The number of carbonyl (C=O) groups excluding carboxylic acids is 1. The Morgan fingerprint density at radius 3 is 2.65 bits per heavy atom. The first kappa shape index (κ1) is 25.0. The molecule has 0 saturated carbocycles. The average molecular weight is 505 g/mol. The molecule has 7 nitrogen and oxygen atoms in total. The maximum absolute atomic E-state index is 15.2. The lowest BCUT2D eigenvalue weighted by Crippen LogP contribution is -2.39. The standard InChI is InChI=1S/C29H33FN4O3/c1-20-18-33(19-31-20)27-9-6-22(16-28(27)36-3)15-23-5-4-10-34(29(23)35)21(2)25-8-7-24(17-26(25)30)32-11-13-37-14-12-32/h6-9,15-19,21H,4-5,10-14H2,1-3H3/t21-/m0/s1. The molecular formula is C29H33FN4O3. The van der Waals surface area contributed by atoms with E-state index in [1.165, 1.54) is 0 Å². The SMILES string of the molecule is COc1cc(C=C2CCCN([C@@H](C)c3ccc(N4CCOCC4)cc3F)C2=O)ccc1-n1cnc(C)c1. The lowest BCUT2D eigenvalue weighted by atomic mass is 9.97. The molecule has 0 unspecified atom stereocenters. The largest absolute Gasteiger partial charge is 0.495 e. The van der Waals surface area contributed by atoms with Crippen LogP contribution < -0.4 is 9.64 Å². The second-order valence-corrected chi connectivity index (χ2v) is 9.61. The van der Waals surface area contributed by atoms with Crippen LogP contribution in [0.3, 0.4) is 0 Å². The van der Waals surface area contributed by atoms with E-state index in [0.717, 1.165) is 47.7 Å². The van der Waals surface area contributed by atoms with Crippen LogP contribution in [0, 0.1) is 12.7 Å². The van der Waals surface area contributed by atoms with Crippen molar-refractivity contribution in [3.63, 3.8) is 0 Å². The van der Waals surface area contributed by atoms with Crippen LogP contribution in [-0.4, -0.2) is 60.3 Å². The molecule has 1 amide bonds. The van der Waals surface area contributed by atoms with Crippen LogP contribution in [0.15, 0.2) is 54.5 Å². The van der Waals surface area contributed by atoms with Crippen molar-refractivity contribution in [1.29, 1.82) is 0 Å². The molecule has 0 aliphatic carbocycles. The highest BCUT2D eigenvalue weighted by atomic mass is 19.1. The number of nitrogens with zero attached hydrogens (tertiary/aromatic N) is 4. The number of carbonyl (C=O) groups is 1. The number of imidazole rings is 1. The second-order valence-electron chi connectivity index (χ2n) is 9.61. The first-order valence-corrected chi connectivity index (χ1v) is 12.8. The Kier molecular flexibility index (Phi) is 7.28. The van der Waals surface area contributed by atoms with Gasteiger partial charge in [0, 0.05) is 42.7 Å². The molecule has 3 heterocycles. The summed E-state index contributed by atoms with van der Waals surface area (Å²) in [5, 5.41) is 0. The second kappa shape index (κ2) is 10.8. The quantitative estimate of drug-likeness (QED) is 0.446. The zero-order valence-electron chi connectivity index (χ0n) is 21.6. The molecule has 2 fully saturated rings. The highest BCUT2D eigenvalue weighted by Gasteiger charge is 2.29. The van der Waals surface area contributed by atoms with Gasteiger partial charge < -0.3 is 23.8 Å². The number of benzene rings is 2. The summed E-state index contributed by atoms with van der Waals surface area (Å²) in [6.45, 7) is 7.24. The molecule has 37 heavy (non-hydrogen) atoms. The van der Waals surface area contributed by atoms with E-state index >= 15 is 4.39 Å². The van der Waals surface area contributed by atoms with Crippen molar-refractivity contribution in [2.45, 2.75) is 32.7 Å². The molecule has 2 saturated heterocycles. The molecule has 8 heteroatoms. The van der Waals surface area contributed by atoms with E-state index in [4.69, 9.17) is 9.47 Å². The molecule has 0 spiro atoms. The Hall–Kier alpha value is -3.65. The van der Waals surface area contributed by atoms with Crippen molar-refractivity contribution in [2.75, 3.05) is 44.9 Å². The highest BCUT2D eigenvalue weighted by molar-refractivity contribution is 5.98. The fourth-order valence-electron chi connectivity index (χ4n) is 5.13. The lowest BCUT2D eigenvalue weighted by molar-refractivity contribution is -0.130. The van der Waals surface area contributed by atoms with Gasteiger partial charge >= 0.3 is 0 Å². The van der Waals surface area contributed by atoms with Crippen LogP contribution in [0.5, 0.6) is 5.75 Å². The van der Waals surface area contributed by atoms with Gasteiger partial charge in [0.05, 0.1) is 44.1 Å². The summed E-state index contributed by atoms with van der Waals surface area (Å²) in [5.74, 6) is 0.363. The summed E-state index contributed by atoms with van der Waals surface area (Å²) >= 11 is 0. The molecule has 1 aromatic heterocycles. The van der Waals surface area contributed by atoms with E-state index in [1.54, 1.807) is 24.4 Å². The van der Waals surface area contributed by atoms with Gasteiger partial charge in [-0.3, -0.25) is 4.79 Å². The average Bonchev–Trinajstić information content (AvgIpc) is 3.35. The molecule has 194 valence electrons. The fourth-order valence-corrected chi connectivity index (χ4v) is 5.13. The van der Waals surface area contributed by atoms with Crippen LogP contribution in [0.4, 0.5) is 10.1 Å². The number of halogens is 1. The lowest BCUT2D eigenvalue weighted by Gasteiger charge is -2.35. The molecule has 0 radical (unpaired) electrons. The number of anilines is 1. The third kappa shape index (κ3) is 5.25. The van der Waals surface area contributed by atoms with Gasteiger partial charge in [0.25, 0.3) is 0 Å². The number of piperidine rings is 1. The Bertz CT molecular complexity index is 1310. The van der Waals surface area contributed by atoms with Gasteiger partial charge in [0.15, 0.2) is 0 Å². The number of likely N-dealkylation sites (tertiary alicyclic amines) is 1. The topological polar surface area (TPSA) is 59.8 Å². The number of ether oxygens (including phenoxy) is 2. The highest BCUT2D eigenvalue weighted by Crippen LogP contribution is 2.32. The Morgan fingerprint density at radius 1 is 1.14 bits per heavy atom. The predicted molar refractivity (Wildman–Crippen MR) is 142 cm³/mol. The van der Waals surface area contributed by atoms with Gasteiger partial charge in [0.2, 0.25) is 5.91 Å². The zero-order valence-corrected chi connectivity index (χ0v) is 21.6. The number of aromatic nitrogens is 2. The summed E-state index contributed by atoms with van der Waals surface area (Å²) < 4.78 is 28.2. The van der Waals surface area contributed by atoms with Crippen molar-refractivity contribution in [3.05, 3.63) is 77.1 Å². The van der Waals surface area contributed by atoms with Crippen molar-refractivity contribution in [2.24, 2.45) is 0 Å². The number of aryl methyl sites for hydroxylation is 1. The van der Waals surface area contributed by atoms with Crippen LogP contribution in [-0.2, 0) is 9.53 Å². The first-order valence-electron chi connectivity index (χ1n) is 12.8. The maximum atomic E-state index is 15.2. The van der Waals surface area contributed by atoms with Crippen LogP contribution >= 0.6 is 0 Å². The Morgan fingerprint density at radius 2 is 1.95 bits per heavy atom. The van der Waals surface area contributed by atoms with Crippen LogP contribution in [0.1, 0.15) is 42.6 Å². The van der Waals surface area contributed by atoms with Crippen molar-refractivity contribution in [3.8, 4) is 11.4 Å².